The predicted molar refractivity (Wildman–Crippen MR) is 84.4 cm³/mol. The fraction of sp³-hybridized carbons (Fsp3) is 0.222. The molecule has 22 heavy (non-hydrogen) atoms. The number of ether oxygens (including phenoxy) is 2. The van der Waals surface area contributed by atoms with Gasteiger partial charge in [-0.25, -0.2) is 0 Å². The minimum Gasteiger partial charge on any atom is -0.468 e. The highest BCUT2D eigenvalue weighted by molar-refractivity contribution is 5.97. The van der Waals surface area contributed by atoms with Crippen LogP contribution in [0, 0.1) is 5.92 Å². The van der Waals surface area contributed by atoms with Crippen molar-refractivity contribution >= 4 is 22.7 Å². The predicted octanol–water partition coefficient (Wildman–Crippen LogP) is 3.07. The molecule has 2 aromatic rings. The molecular weight excluding hydrogens is 280 g/mol. The Morgan fingerprint density at radius 1 is 1.00 bits per heavy atom. The van der Waals surface area contributed by atoms with Gasteiger partial charge in [0.05, 0.1) is 14.2 Å². The molecule has 0 amide bonds. The second kappa shape index (κ2) is 6.89. The number of allylic oxidation sites excluding steroid dienone is 1. The molecule has 0 aliphatic heterocycles. The topological polar surface area (TPSA) is 52.6 Å². The van der Waals surface area contributed by atoms with Gasteiger partial charge in [-0.05, 0) is 16.3 Å². The summed E-state index contributed by atoms with van der Waals surface area (Å²) in [5, 5.41) is 1.99. The zero-order chi connectivity index (χ0) is 16.1. The highest BCUT2D eigenvalue weighted by atomic mass is 16.5. The summed E-state index contributed by atoms with van der Waals surface area (Å²) in [6, 6.07) is 13.5. The van der Waals surface area contributed by atoms with Crippen LogP contribution in [-0.2, 0) is 19.1 Å². The summed E-state index contributed by atoms with van der Waals surface area (Å²) in [6.07, 6.45) is 1.58. The Labute approximate surface area is 129 Å². The lowest BCUT2D eigenvalue weighted by Crippen LogP contribution is -2.31. The third-order valence-electron chi connectivity index (χ3n) is 3.71. The first-order valence-electron chi connectivity index (χ1n) is 6.90. The number of fused-ring (bicyclic) bond motifs is 1. The number of carbonyl (C=O) groups is 2. The van der Waals surface area contributed by atoms with E-state index in [0.717, 1.165) is 16.3 Å². The number of hydrogen-bond donors (Lipinski definition) is 0. The van der Waals surface area contributed by atoms with E-state index in [2.05, 4.69) is 6.58 Å². The molecule has 2 aromatic carbocycles. The van der Waals surface area contributed by atoms with Gasteiger partial charge in [0.2, 0.25) is 0 Å². The van der Waals surface area contributed by atoms with Crippen molar-refractivity contribution in [1.82, 2.24) is 0 Å². The Balaban J connectivity index is 2.59. The summed E-state index contributed by atoms with van der Waals surface area (Å²) in [4.78, 5) is 24.1. The van der Waals surface area contributed by atoms with E-state index in [1.807, 2.05) is 42.5 Å². The van der Waals surface area contributed by atoms with Crippen molar-refractivity contribution in [3.8, 4) is 0 Å². The molecule has 0 aliphatic rings. The summed E-state index contributed by atoms with van der Waals surface area (Å²) in [5.41, 5.74) is 0.842. The lowest BCUT2D eigenvalue weighted by atomic mass is 9.83. The van der Waals surface area contributed by atoms with Gasteiger partial charge in [-0.2, -0.15) is 0 Å². The molecule has 0 bridgehead atoms. The van der Waals surface area contributed by atoms with Crippen LogP contribution in [-0.4, -0.2) is 26.2 Å². The van der Waals surface area contributed by atoms with E-state index >= 15 is 0 Å². The quantitative estimate of drug-likeness (QED) is 0.483. The number of carbonyl (C=O) groups excluding carboxylic acids is 2. The Morgan fingerprint density at radius 2 is 1.59 bits per heavy atom. The minimum absolute atomic E-state index is 0.522. The van der Waals surface area contributed by atoms with Crippen LogP contribution < -0.4 is 0 Å². The molecule has 0 saturated heterocycles. The number of hydrogen-bond acceptors (Lipinski definition) is 4. The van der Waals surface area contributed by atoms with Gasteiger partial charge in [-0.1, -0.05) is 48.5 Å². The van der Waals surface area contributed by atoms with Crippen molar-refractivity contribution in [2.24, 2.45) is 5.92 Å². The molecule has 0 aromatic heterocycles. The van der Waals surface area contributed by atoms with Gasteiger partial charge in [-0.3, -0.25) is 9.59 Å². The van der Waals surface area contributed by atoms with Crippen LogP contribution >= 0.6 is 0 Å². The van der Waals surface area contributed by atoms with Crippen LogP contribution in [0.5, 0.6) is 0 Å². The monoisotopic (exact) mass is 298 g/mol. The summed E-state index contributed by atoms with van der Waals surface area (Å²) in [6.45, 7) is 3.78. The lowest BCUT2D eigenvalue weighted by Gasteiger charge is -2.22. The maximum Gasteiger partial charge on any atom is 0.321 e. The first-order chi connectivity index (χ1) is 10.6. The molecule has 0 N–H and O–H groups in total. The van der Waals surface area contributed by atoms with Crippen LogP contribution in [0.25, 0.3) is 10.8 Å². The van der Waals surface area contributed by atoms with E-state index in [4.69, 9.17) is 9.47 Å². The van der Waals surface area contributed by atoms with Gasteiger partial charge < -0.3 is 9.47 Å². The molecule has 114 valence electrons. The van der Waals surface area contributed by atoms with E-state index in [0.29, 0.717) is 0 Å². The van der Waals surface area contributed by atoms with Crippen molar-refractivity contribution < 1.29 is 19.1 Å². The molecule has 0 spiro atoms. The summed E-state index contributed by atoms with van der Waals surface area (Å²) in [5.74, 6) is -2.86. The summed E-state index contributed by atoms with van der Waals surface area (Å²) < 4.78 is 9.53. The average molecular weight is 298 g/mol. The summed E-state index contributed by atoms with van der Waals surface area (Å²) in [7, 11) is 2.50. The van der Waals surface area contributed by atoms with Crippen LogP contribution in [0.2, 0.25) is 0 Å². The van der Waals surface area contributed by atoms with Crippen molar-refractivity contribution in [3.05, 3.63) is 60.7 Å². The van der Waals surface area contributed by atoms with Gasteiger partial charge in [0, 0.05) is 5.92 Å². The fourth-order valence-electron chi connectivity index (χ4n) is 2.63. The van der Waals surface area contributed by atoms with Gasteiger partial charge in [-0.15, -0.1) is 6.58 Å². The van der Waals surface area contributed by atoms with Crippen LogP contribution in [0.4, 0.5) is 0 Å². The van der Waals surface area contributed by atoms with Crippen molar-refractivity contribution in [2.75, 3.05) is 14.2 Å². The van der Waals surface area contributed by atoms with E-state index < -0.39 is 23.8 Å². The second-order valence-corrected chi connectivity index (χ2v) is 4.85. The fourth-order valence-corrected chi connectivity index (χ4v) is 2.63. The first kappa shape index (κ1) is 15.8. The minimum atomic E-state index is -1.07. The van der Waals surface area contributed by atoms with Gasteiger partial charge >= 0.3 is 11.9 Å². The third-order valence-corrected chi connectivity index (χ3v) is 3.71. The molecule has 1 atom stereocenters. The number of methoxy groups -OCH3 is 2. The van der Waals surface area contributed by atoms with Gasteiger partial charge in [0.1, 0.15) is 0 Å². The van der Waals surface area contributed by atoms with Crippen molar-refractivity contribution in [2.45, 2.75) is 5.92 Å². The zero-order valence-corrected chi connectivity index (χ0v) is 12.6. The maximum atomic E-state index is 12.1. The Morgan fingerprint density at radius 3 is 2.18 bits per heavy atom. The van der Waals surface area contributed by atoms with Crippen LogP contribution in [0.15, 0.2) is 55.1 Å². The Kier molecular flexibility index (Phi) is 4.94. The zero-order valence-electron chi connectivity index (χ0n) is 12.6. The van der Waals surface area contributed by atoms with Crippen molar-refractivity contribution in [1.29, 1.82) is 0 Å². The van der Waals surface area contributed by atoms with E-state index in [1.54, 1.807) is 6.08 Å². The molecule has 1 unspecified atom stereocenters. The molecular formula is C18H18O4. The summed E-state index contributed by atoms with van der Waals surface area (Å²) >= 11 is 0. The lowest BCUT2D eigenvalue weighted by molar-refractivity contribution is -0.159. The molecule has 0 heterocycles. The highest BCUT2D eigenvalue weighted by Crippen LogP contribution is 2.33. The highest BCUT2D eigenvalue weighted by Gasteiger charge is 2.36. The van der Waals surface area contributed by atoms with E-state index in [-0.39, 0.29) is 0 Å². The molecule has 0 radical (unpaired) electrons. The SMILES string of the molecule is C=CC(c1cccc2ccccc12)C(C(=O)OC)C(=O)OC. The van der Waals surface area contributed by atoms with Gasteiger partial charge in [0.15, 0.2) is 5.92 Å². The molecule has 4 heteroatoms. The van der Waals surface area contributed by atoms with Crippen LogP contribution in [0.1, 0.15) is 11.5 Å². The van der Waals surface area contributed by atoms with E-state index in [9.17, 15) is 9.59 Å². The Hall–Kier alpha value is -2.62. The second-order valence-electron chi connectivity index (χ2n) is 4.85. The molecule has 2 rings (SSSR count). The van der Waals surface area contributed by atoms with E-state index in [1.165, 1.54) is 14.2 Å². The standard InChI is InChI=1S/C18H18O4/c1-4-13(16(17(19)21-2)18(20)22-3)15-11-7-9-12-8-5-6-10-14(12)15/h4-11,13,16H,1H2,2-3H3. The number of rotatable bonds is 5. The first-order valence-corrected chi connectivity index (χ1v) is 6.90. The smallest absolute Gasteiger partial charge is 0.321 e. The largest absolute Gasteiger partial charge is 0.468 e. The average Bonchev–Trinajstić information content (AvgIpc) is 2.58. The third kappa shape index (κ3) is 2.86. The molecule has 4 nitrogen and oxygen atoms in total. The molecule has 0 saturated carbocycles. The van der Waals surface area contributed by atoms with Crippen molar-refractivity contribution in [3.63, 3.8) is 0 Å². The van der Waals surface area contributed by atoms with Crippen LogP contribution in [0.3, 0.4) is 0 Å². The number of benzene rings is 2. The molecule has 0 fully saturated rings. The normalized spacial score (nSPS) is 12.0. The number of esters is 2. The Bertz CT molecular complexity index is 684. The molecule has 0 aliphatic carbocycles. The maximum absolute atomic E-state index is 12.1. The van der Waals surface area contributed by atoms with Gasteiger partial charge in [0.25, 0.3) is 0 Å².